The van der Waals surface area contributed by atoms with Crippen LogP contribution in [0.15, 0.2) is 24.3 Å². The maximum Gasteiger partial charge on any atom is 0.119 e. The zero-order valence-corrected chi connectivity index (χ0v) is 11.7. The molecule has 0 spiro atoms. The van der Waals surface area contributed by atoms with Crippen molar-refractivity contribution in [2.45, 2.75) is 45.8 Å². The van der Waals surface area contributed by atoms with Gasteiger partial charge < -0.3 is 4.74 Å². The van der Waals surface area contributed by atoms with Crippen LogP contribution in [-0.2, 0) is 6.42 Å². The van der Waals surface area contributed by atoms with Crippen LogP contribution in [0.5, 0.6) is 5.75 Å². The second-order valence-electron chi connectivity index (χ2n) is 5.22. The van der Waals surface area contributed by atoms with Gasteiger partial charge in [-0.05, 0) is 51.8 Å². The fraction of sp³-hybridized carbons (Fsp3) is 0.533. The molecule has 0 aliphatic heterocycles. The van der Waals surface area contributed by atoms with Crippen molar-refractivity contribution < 1.29 is 4.74 Å². The third-order valence-electron chi connectivity index (χ3n) is 2.56. The predicted octanol–water partition coefficient (Wildman–Crippen LogP) is 2.91. The van der Waals surface area contributed by atoms with Crippen LogP contribution in [0.3, 0.4) is 0 Å². The summed E-state index contributed by atoms with van der Waals surface area (Å²) in [6, 6.07) is 10.3. The van der Waals surface area contributed by atoms with E-state index in [4.69, 9.17) is 10.00 Å². The normalized spacial score (nSPS) is 11.3. The maximum absolute atomic E-state index is 8.88. The molecule has 0 atom stereocenters. The van der Waals surface area contributed by atoms with Gasteiger partial charge in [0.25, 0.3) is 0 Å². The monoisotopic (exact) mass is 246 g/mol. The van der Waals surface area contributed by atoms with Gasteiger partial charge in [-0.25, -0.2) is 0 Å². The van der Waals surface area contributed by atoms with Crippen LogP contribution < -0.4 is 10.1 Å². The van der Waals surface area contributed by atoms with Crippen molar-refractivity contribution >= 4 is 0 Å². The fourth-order valence-electron chi connectivity index (χ4n) is 1.57. The molecule has 0 saturated heterocycles. The van der Waals surface area contributed by atoms with Gasteiger partial charge in [0.05, 0.1) is 12.2 Å². The molecular weight excluding hydrogens is 224 g/mol. The summed E-state index contributed by atoms with van der Waals surface area (Å²) in [5, 5.41) is 12.1. The highest BCUT2D eigenvalue weighted by Gasteiger charge is 2.14. The Balaban J connectivity index is 2.43. The fourth-order valence-corrected chi connectivity index (χ4v) is 1.57. The molecule has 18 heavy (non-hydrogen) atoms. The summed E-state index contributed by atoms with van der Waals surface area (Å²) in [6.45, 7) is 8.59. The molecule has 98 valence electrons. The lowest BCUT2D eigenvalue weighted by Crippen LogP contribution is -2.38. The van der Waals surface area contributed by atoms with E-state index in [1.807, 2.05) is 39.8 Å². The highest BCUT2D eigenvalue weighted by atomic mass is 16.5. The Hall–Kier alpha value is -1.53. The average molecular weight is 246 g/mol. The summed E-state index contributed by atoms with van der Waals surface area (Å²) in [7, 11) is 0. The van der Waals surface area contributed by atoms with E-state index in [1.165, 1.54) is 5.56 Å². The first kappa shape index (κ1) is 14.5. The topological polar surface area (TPSA) is 45.0 Å². The Kier molecular flexibility index (Phi) is 5.18. The van der Waals surface area contributed by atoms with Crippen molar-refractivity contribution in [1.82, 2.24) is 5.32 Å². The molecular formula is C15H22N2O. The number of hydrogen-bond acceptors (Lipinski definition) is 3. The quantitative estimate of drug-likeness (QED) is 0.839. The summed E-state index contributed by atoms with van der Waals surface area (Å²) in [6.07, 6.45) is 1.11. The predicted molar refractivity (Wildman–Crippen MR) is 73.6 cm³/mol. The zero-order valence-electron chi connectivity index (χ0n) is 11.7. The van der Waals surface area contributed by atoms with E-state index in [2.05, 4.69) is 23.5 Å². The third kappa shape index (κ3) is 5.20. The molecule has 0 aliphatic rings. The molecule has 1 N–H and O–H groups in total. The van der Waals surface area contributed by atoms with Crippen molar-refractivity contribution in [3.05, 3.63) is 29.8 Å². The second kappa shape index (κ2) is 6.42. The largest absolute Gasteiger partial charge is 0.491 e. The van der Waals surface area contributed by atoms with Crippen LogP contribution in [0.1, 0.15) is 33.3 Å². The lowest BCUT2D eigenvalue weighted by Gasteiger charge is -2.17. The summed E-state index contributed by atoms with van der Waals surface area (Å²) < 4.78 is 5.59. The van der Waals surface area contributed by atoms with Gasteiger partial charge in [-0.15, -0.1) is 0 Å². The Morgan fingerprint density at radius 2 is 1.89 bits per heavy atom. The molecule has 1 aromatic rings. The average Bonchev–Trinajstić information content (AvgIpc) is 2.30. The van der Waals surface area contributed by atoms with Gasteiger partial charge in [-0.3, -0.25) is 5.32 Å². The van der Waals surface area contributed by atoms with Gasteiger partial charge in [0, 0.05) is 6.54 Å². The van der Waals surface area contributed by atoms with Gasteiger partial charge in [0.15, 0.2) is 0 Å². The van der Waals surface area contributed by atoms with Gasteiger partial charge in [-0.1, -0.05) is 12.1 Å². The van der Waals surface area contributed by atoms with E-state index in [0.29, 0.717) is 0 Å². The third-order valence-corrected chi connectivity index (χ3v) is 2.56. The standard InChI is InChI=1S/C15H22N2O/c1-12(2)18-14-7-5-13(6-8-14)9-10-17-15(3,4)11-16/h5-8,12,17H,9-10H2,1-4H3. The molecule has 0 unspecified atom stereocenters. The molecule has 0 aromatic heterocycles. The van der Waals surface area contributed by atoms with Gasteiger partial charge >= 0.3 is 0 Å². The van der Waals surface area contributed by atoms with Crippen LogP contribution in [-0.4, -0.2) is 18.2 Å². The van der Waals surface area contributed by atoms with Crippen molar-refractivity contribution in [3.8, 4) is 11.8 Å². The van der Waals surface area contributed by atoms with E-state index in [0.717, 1.165) is 18.7 Å². The first-order chi connectivity index (χ1) is 8.43. The maximum atomic E-state index is 8.88. The summed E-state index contributed by atoms with van der Waals surface area (Å²) >= 11 is 0. The molecule has 0 saturated carbocycles. The Morgan fingerprint density at radius 3 is 2.39 bits per heavy atom. The summed E-state index contributed by atoms with van der Waals surface area (Å²) in [5.74, 6) is 0.902. The van der Waals surface area contributed by atoms with Gasteiger partial charge in [0.2, 0.25) is 0 Å². The van der Waals surface area contributed by atoms with E-state index in [1.54, 1.807) is 0 Å². The van der Waals surface area contributed by atoms with Crippen LogP contribution in [0.4, 0.5) is 0 Å². The highest BCUT2D eigenvalue weighted by molar-refractivity contribution is 5.27. The lowest BCUT2D eigenvalue weighted by molar-refractivity contribution is 0.242. The number of nitrogens with one attached hydrogen (secondary N) is 1. The number of benzene rings is 1. The van der Waals surface area contributed by atoms with E-state index < -0.39 is 5.54 Å². The van der Waals surface area contributed by atoms with Crippen LogP contribution in [0, 0.1) is 11.3 Å². The molecule has 0 heterocycles. The van der Waals surface area contributed by atoms with Crippen LogP contribution in [0.2, 0.25) is 0 Å². The van der Waals surface area contributed by atoms with Crippen molar-refractivity contribution in [2.24, 2.45) is 0 Å². The first-order valence-corrected chi connectivity index (χ1v) is 6.35. The van der Waals surface area contributed by atoms with Gasteiger partial charge in [-0.2, -0.15) is 5.26 Å². The second-order valence-corrected chi connectivity index (χ2v) is 5.22. The lowest BCUT2D eigenvalue weighted by atomic mass is 10.1. The molecule has 0 bridgehead atoms. The number of nitriles is 1. The zero-order chi connectivity index (χ0) is 13.6. The van der Waals surface area contributed by atoms with Crippen LogP contribution >= 0.6 is 0 Å². The molecule has 3 nitrogen and oxygen atoms in total. The molecule has 1 aromatic carbocycles. The molecule has 0 radical (unpaired) electrons. The van der Waals surface area contributed by atoms with E-state index >= 15 is 0 Å². The summed E-state index contributed by atoms with van der Waals surface area (Å²) in [4.78, 5) is 0. The van der Waals surface area contributed by atoms with Crippen molar-refractivity contribution in [2.75, 3.05) is 6.54 Å². The number of hydrogen-bond donors (Lipinski definition) is 1. The minimum atomic E-state index is -0.458. The molecule has 0 fully saturated rings. The molecule has 3 heteroatoms. The first-order valence-electron chi connectivity index (χ1n) is 6.35. The highest BCUT2D eigenvalue weighted by Crippen LogP contribution is 2.14. The van der Waals surface area contributed by atoms with Crippen molar-refractivity contribution in [1.29, 1.82) is 5.26 Å². The molecule has 1 rings (SSSR count). The Bertz CT molecular complexity index is 401. The van der Waals surface area contributed by atoms with Gasteiger partial charge in [0.1, 0.15) is 11.3 Å². The van der Waals surface area contributed by atoms with E-state index in [-0.39, 0.29) is 6.10 Å². The SMILES string of the molecule is CC(C)Oc1ccc(CCNC(C)(C)C#N)cc1. The number of ether oxygens (including phenoxy) is 1. The molecule has 0 aliphatic carbocycles. The molecule has 0 amide bonds. The smallest absolute Gasteiger partial charge is 0.119 e. The van der Waals surface area contributed by atoms with Crippen molar-refractivity contribution in [3.63, 3.8) is 0 Å². The number of nitrogens with zero attached hydrogens (tertiary/aromatic N) is 1. The Morgan fingerprint density at radius 1 is 1.28 bits per heavy atom. The minimum Gasteiger partial charge on any atom is -0.491 e. The van der Waals surface area contributed by atoms with Crippen LogP contribution in [0.25, 0.3) is 0 Å². The number of rotatable bonds is 6. The van der Waals surface area contributed by atoms with E-state index in [9.17, 15) is 0 Å². The summed E-state index contributed by atoms with van der Waals surface area (Å²) in [5.41, 5.74) is 0.785. The minimum absolute atomic E-state index is 0.203. The Labute approximate surface area is 110 Å².